The Balaban J connectivity index is 0.00000364. The van der Waals surface area contributed by atoms with Gasteiger partial charge in [-0.25, -0.2) is 0 Å². The zero-order valence-electron chi connectivity index (χ0n) is 19.1. The van der Waals surface area contributed by atoms with Gasteiger partial charge in [-0.15, -0.1) is 24.8 Å². The Hall–Kier alpha value is -0.480. The predicted molar refractivity (Wildman–Crippen MR) is 127 cm³/mol. The molecule has 2 N–H and O–H groups in total. The average Bonchev–Trinajstić information content (AvgIpc) is 2.51. The van der Waals surface area contributed by atoms with Gasteiger partial charge in [-0.2, -0.15) is 0 Å². The lowest BCUT2D eigenvalue weighted by Crippen LogP contribution is -2.45. The Morgan fingerprint density at radius 2 is 1.50 bits per heavy atom. The van der Waals surface area contributed by atoms with Crippen molar-refractivity contribution in [1.82, 2.24) is 10.2 Å². The number of hydrogen-bond acceptors (Lipinski definition) is 3. The van der Waals surface area contributed by atoms with E-state index in [0.717, 1.165) is 43.7 Å². The summed E-state index contributed by atoms with van der Waals surface area (Å²) in [6.07, 6.45) is 1.07. The summed E-state index contributed by atoms with van der Waals surface area (Å²) in [6.45, 7) is 22.1. The van der Waals surface area contributed by atoms with Crippen LogP contribution in [-0.2, 0) is 10.8 Å². The van der Waals surface area contributed by atoms with Crippen LogP contribution in [0.4, 0.5) is 0 Å². The fourth-order valence-corrected chi connectivity index (χ4v) is 3.83. The molecule has 0 bridgehead atoms. The molecule has 2 rings (SSSR count). The summed E-state index contributed by atoms with van der Waals surface area (Å²) in [5.41, 5.74) is 3.50. The van der Waals surface area contributed by atoms with Crippen molar-refractivity contribution in [2.75, 3.05) is 26.2 Å². The number of aromatic hydroxyl groups is 1. The van der Waals surface area contributed by atoms with Gasteiger partial charge in [0.15, 0.2) is 0 Å². The van der Waals surface area contributed by atoms with Crippen molar-refractivity contribution >= 4 is 24.8 Å². The molecule has 164 valence electrons. The maximum Gasteiger partial charge on any atom is 0.124 e. The summed E-state index contributed by atoms with van der Waals surface area (Å²) in [4.78, 5) is 2.56. The van der Waals surface area contributed by atoms with Crippen LogP contribution < -0.4 is 5.32 Å². The van der Waals surface area contributed by atoms with E-state index in [1.807, 2.05) is 0 Å². The monoisotopic (exact) mass is 432 g/mol. The van der Waals surface area contributed by atoms with Gasteiger partial charge in [0, 0.05) is 37.8 Å². The molecule has 3 nitrogen and oxygen atoms in total. The minimum absolute atomic E-state index is 0. The first-order chi connectivity index (χ1) is 11.9. The summed E-state index contributed by atoms with van der Waals surface area (Å²) in [5.74, 6) is 1.10. The minimum Gasteiger partial charge on any atom is -0.507 e. The number of hydrogen-bond donors (Lipinski definition) is 2. The lowest BCUT2D eigenvalue weighted by molar-refractivity contribution is 0.151. The fourth-order valence-electron chi connectivity index (χ4n) is 3.83. The molecule has 1 aromatic rings. The van der Waals surface area contributed by atoms with Crippen LogP contribution in [0.1, 0.15) is 84.5 Å². The molecule has 1 fully saturated rings. The standard InChI is InChI=1S/C23H40N2O.2ClH/c1-16(2)13-20(25-11-9-24-10-12-25)18-14-17(22(3,4)5)15-19(21(18)26)23(6,7)8;;/h14-16,20,24,26H,9-13H2,1-8H3;2*1H/t20-;;/m1../s1. The molecule has 5 heteroatoms. The van der Waals surface area contributed by atoms with Gasteiger partial charge < -0.3 is 10.4 Å². The number of halogens is 2. The van der Waals surface area contributed by atoms with Crippen LogP contribution in [0.3, 0.4) is 0 Å². The van der Waals surface area contributed by atoms with Crippen molar-refractivity contribution in [3.8, 4) is 5.75 Å². The van der Waals surface area contributed by atoms with Gasteiger partial charge in [0.2, 0.25) is 0 Å². The van der Waals surface area contributed by atoms with Gasteiger partial charge in [-0.3, -0.25) is 4.90 Å². The van der Waals surface area contributed by atoms with E-state index >= 15 is 0 Å². The lowest BCUT2D eigenvalue weighted by Gasteiger charge is -2.38. The van der Waals surface area contributed by atoms with E-state index in [2.05, 4.69) is 77.7 Å². The van der Waals surface area contributed by atoms with Crippen molar-refractivity contribution in [2.45, 2.75) is 78.7 Å². The van der Waals surface area contributed by atoms with E-state index < -0.39 is 0 Å². The quantitative estimate of drug-likeness (QED) is 0.628. The summed E-state index contributed by atoms with van der Waals surface area (Å²) in [6, 6.07) is 4.78. The highest BCUT2D eigenvalue weighted by Crippen LogP contribution is 2.42. The molecule has 28 heavy (non-hydrogen) atoms. The maximum atomic E-state index is 11.3. The molecule has 0 saturated carbocycles. The molecule has 0 aromatic heterocycles. The first kappa shape index (κ1) is 27.5. The molecular weight excluding hydrogens is 391 g/mol. The Morgan fingerprint density at radius 1 is 0.964 bits per heavy atom. The largest absolute Gasteiger partial charge is 0.507 e. The number of nitrogens with zero attached hydrogens (tertiary/aromatic N) is 1. The van der Waals surface area contributed by atoms with E-state index in [-0.39, 0.29) is 41.7 Å². The van der Waals surface area contributed by atoms with Gasteiger partial charge in [0.1, 0.15) is 5.75 Å². The van der Waals surface area contributed by atoms with Gasteiger partial charge in [0.25, 0.3) is 0 Å². The topological polar surface area (TPSA) is 35.5 Å². The molecular formula is C23H42Cl2N2O. The second-order valence-electron chi connectivity index (χ2n) is 10.4. The summed E-state index contributed by atoms with van der Waals surface area (Å²) in [5, 5.41) is 14.7. The third-order valence-corrected chi connectivity index (χ3v) is 5.46. The Morgan fingerprint density at radius 3 is 1.93 bits per heavy atom. The Bertz CT molecular complexity index is 612. The van der Waals surface area contributed by atoms with Crippen molar-refractivity contribution in [2.24, 2.45) is 5.92 Å². The van der Waals surface area contributed by atoms with Gasteiger partial charge in [-0.05, 0) is 40.4 Å². The lowest BCUT2D eigenvalue weighted by atomic mass is 9.77. The molecule has 1 heterocycles. The second-order valence-corrected chi connectivity index (χ2v) is 10.4. The molecule has 0 unspecified atom stereocenters. The van der Waals surface area contributed by atoms with Crippen LogP contribution in [-0.4, -0.2) is 36.2 Å². The number of phenols is 1. The van der Waals surface area contributed by atoms with Crippen LogP contribution >= 0.6 is 24.8 Å². The third kappa shape index (κ3) is 6.79. The highest BCUT2D eigenvalue weighted by Gasteiger charge is 2.31. The molecule has 0 amide bonds. The summed E-state index contributed by atoms with van der Waals surface area (Å²) >= 11 is 0. The maximum absolute atomic E-state index is 11.3. The van der Waals surface area contributed by atoms with Crippen LogP contribution in [0.25, 0.3) is 0 Å². The number of benzene rings is 1. The molecule has 1 aliphatic rings. The van der Waals surface area contributed by atoms with Crippen molar-refractivity contribution in [1.29, 1.82) is 0 Å². The smallest absolute Gasteiger partial charge is 0.124 e. The number of nitrogens with one attached hydrogen (secondary N) is 1. The third-order valence-electron chi connectivity index (χ3n) is 5.46. The first-order valence-corrected chi connectivity index (χ1v) is 10.2. The molecule has 0 spiro atoms. The van der Waals surface area contributed by atoms with Crippen LogP contribution in [0.2, 0.25) is 0 Å². The van der Waals surface area contributed by atoms with E-state index in [0.29, 0.717) is 11.7 Å². The van der Waals surface area contributed by atoms with Crippen LogP contribution in [0.15, 0.2) is 12.1 Å². The first-order valence-electron chi connectivity index (χ1n) is 10.2. The number of phenolic OH excluding ortho intramolecular Hbond substituents is 1. The molecule has 1 atom stereocenters. The Labute approximate surface area is 185 Å². The zero-order chi connectivity index (χ0) is 19.7. The van der Waals surface area contributed by atoms with Gasteiger partial charge in [0.05, 0.1) is 0 Å². The van der Waals surface area contributed by atoms with E-state index in [1.54, 1.807) is 0 Å². The molecule has 1 aromatic carbocycles. The fraction of sp³-hybridized carbons (Fsp3) is 0.739. The highest BCUT2D eigenvalue weighted by atomic mass is 35.5. The predicted octanol–water partition coefficient (Wildman–Crippen LogP) is 5.82. The van der Waals surface area contributed by atoms with E-state index in [4.69, 9.17) is 0 Å². The van der Waals surface area contributed by atoms with Gasteiger partial charge >= 0.3 is 0 Å². The Kier molecular flexibility index (Phi) is 10.3. The second kappa shape index (κ2) is 10.5. The normalized spacial score (nSPS) is 17.0. The summed E-state index contributed by atoms with van der Waals surface area (Å²) < 4.78 is 0. The van der Waals surface area contributed by atoms with Crippen molar-refractivity contribution < 1.29 is 5.11 Å². The summed E-state index contributed by atoms with van der Waals surface area (Å²) in [7, 11) is 0. The minimum atomic E-state index is -0.0775. The van der Waals surface area contributed by atoms with E-state index in [9.17, 15) is 5.11 Å². The van der Waals surface area contributed by atoms with Crippen LogP contribution in [0.5, 0.6) is 5.75 Å². The molecule has 0 radical (unpaired) electrons. The number of piperazine rings is 1. The van der Waals surface area contributed by atoms with Crippen molar-refractivity contribution in [3.05, 3.63) is 28.8 Å². The van der Waals surface area contributed by atoms with Crippen LogP contribution in [0, 0.1) is 5.92 Å². The SMILES string of the molecule is CC(C)C[C@H](c1cc(C(C)(C)C)cc(C(C)(C)C)c1O)N1CCNCC1.Cl.Cl. The highest BCUT2D eigenvalue weighted by molar-refractivity contribution is 5.85. The molecule has 0 aliphatic carbocycles. The number of rotatable bonds is 4. The van der Waals surface area contributed by atoms with E-state index in [1.165, 1.54) is 5.56 Å². The molecule has 1 aliphatic heterocycles. The van der Waals surface area contributed by atoms with Gasteiger partial charge in [-0.1, -0.05) is 61.5 Å². The van der Waals surface area contributed by atoms with Crippen molar-refractivity contribution in [3.63, 3.8) is 0 Å². The average molecular weight is 434 g/mol. The zero-order valence-corrected chi connectivity index (χ0v) is 20.7. The molecule has 1 saturated heterocycles.